The number of pyridine rings is 1. The molecule has 0 aliphatic rings. The van der Waals surface area contributed by atoms with Crippen LogP contribution >= 0.6 is 0 Å². The van der Waals surface area contributed by atoms with E-state index in [2.05, 4.69) is 4.98 Å². The summed E-state index contributed by atoms with van der Waals surface area (Å²) in [4.78, 5) is 14.4. The third-order valence-corrected chi connectivity index (χ3v) is 1.99. The van der Waals surface area contributed by atoms with Crippen LogP contribution in [-0.2, 0) is 6.42 Å². The minimum Gasteiger partial charge on any atom is -0.478 e. The van der Waals surface area contributed by atoms with E-state index in [-0.39, 0.29) is 5.56 Å². The molecule has 1 aromatic rings. The molecule has 4 nitrogen and oxygen atoms in total. The van der Waals surface area contributed by atoms with Gasteiger partial charge < -0.3 is 10.2 Å². The molecule has 1 heterocycles. The first-order valence-corrected chi connectivity index (χ1v) is 4.49. The predicted octanol–water partition coefficient (Wildman–Crippen LogP) is 1.09. The maximum Gasteiger partial charge on any atom is 0.337 e. The lowest BCUT2D eigenvalue weighted by molar-refractivity contribution is 0.0696. The standard InChI is InChI=1S/C10H13NO3/c1-2-9(12)5-8-4-3-7(6-11-8)10(13)14/h3-4,6,9,12H,2,5H2,1H3,(H,13,14). The van der Waals surface area contributed by atoms with Gasteiger partial charge in [0.05, 0.1) is 11.7 Å². The lowest BCUT2D eigenvalue weighted by atomic mass is 10.1. The van der Waals surface area contributed by atoms with Gasteiger partial charge in [0.15, 0.2) is 0 Å². The number of nitrogens with zero attached hydrogens (tertiary/aromatic N) is 1. The first-order valence-electron chi connectivity index (χ1n) is 4.49. The number of carbonyl (C=O) groups is 1. The van der Waals surface area contributed by atoms with Gasteiger partial charge in [-0.25, -0.2) is 4.79 Å². The summed E-state index contributed by atoms with van der Waals surface area (Å²) in [6.07, 6.45) is 2.04. The van der Waals surface area contributed by atoms with Crippen LogP contribution in [0, 0.1) is 0 Å². The van der Waals surface area contributed by atoms with Crippen LogP contribution in [0.1, 0.15) is 29.4 Å². The second-order valence-corrected chi connectivity index (χ2v) is 3.11. The Labute approximate surface area is 82.2 Å². The Hall–Kier alpha value is -1.42. The van der Waals surface area contributed by atoms with Gasteiger partial charge >= 0.3 is 5.97 Å². The molecular formula is C10H13NO3. The SMILES string of the molecule is CCC(O)Cc1ccc(C(=O)O)cn1. The predicted molar refractivity (Wildman–Crippen MR) is 51.2 cm³/mol. The van der Waals surface area contributed by atoms with Gasteiger partial charge in [-0.15, -0.1) is 0 Å². The van der Waals surface area contributed by atoms with Crippen molar-refractivity contribution in [2.24, 2.45) is 0 Å². The number of carboxylic acid groups (broad SMARTS) is 1. The molecule has 2 N–H and O–H groups in total. The molecule has 76 valence electrons. The average molecular weight is 195 g/mol. The van der Waals surface area contributed by atoms with Crippen molar-refractivity contribution in [2.75, 3.05) is 0 Å². The van der Waals surface area contributed by atoms with Crippen molar-refractivity contribution in [1.29, 1.82) is 0 Å². The molecule has 1 aromatic heterocycles. The molecule has 0 bridgehead atoms. The molecule has 1 rings (SSSR count). The molecule has 0 aliphatic carbocycles. The van der Waals surface area contributed by atoms with E-state index < -0.39 is 12.1 Å². The number of rotatable bonds is 4. The van der Waals surface area contributed by atoms with E-state index >= 15 is 0 Å². The number of hydrogen-bond acceptors (Lipinski definition) is 3. The summed E-state index contributed by atoms with van der Waals surface area (Å²) in [6, 6.07) is 3.12. The van der Waals surface area contributed by atoms with Gasteiger partial charge in [-0.3, -0.25) is 4.98 Å². The van der Waals surface area contributed by atoms with Crippen molar-refractivity contribution in [3.63, 3.8) is 0 Å². The van der Waals surface area contributed by atoms with Crippen LogP contribution in [0.2, 0.25) is 0 Å². The normalized spacial score (nSPS) is 12.4. The van der Waals surface area contributed by atoms with Crippen molar-refractivity contribution in [3.05, 3.63) is 29.6 Å². The van der Waals surface area contributed by atoms with E-state index in [1.807, 2.05) is 6.92 Å². The zero-order chi connectivity index (χ0) is 10.6. The zero-order valence-corrected chi connectivity index (χ0v) is 7.97. The van der Waals surface area contributed by atoms with E-state index in [9.17, 15) is 9.90 Å². The number of carboxylic acids is 1. The number of aromatic nitrogens is 1. The highest BCUT2D eigenvalue weighted by molar-refractivity contribution is 5.87. The number of aromatic carboxylic acids is 1. The highest BCUT2D eigenvalue weighted by atomic mass is 16.4. The summed E-state index contributed by atoms with van der Waals surface area (Å²) < 4.78 is 0. The van der Waals surface area contributed by atoms with Gasteiger partial charge in [-0.2, -0.15) is 0 Å². The molecule has 0 spiro atoms. The Balaban J connectivity index is 2.68. The van der Waals surface area contributed by atoms with E-state index in [0.717, 1.165) is 0 Å². The molecule has 1 unspecified atom stereocenters. The summed E-state index contributed by atoms with van der Waals surface area (Å²) >= 11 is 0. The smallest absolute Gasteiger partial charge is 0.337 e. The van der Waals surface area contributed by atoms with E-state index in [4.69, 9.17) is 5.11 Å². The second kappa shape index (κ2) is 4.72. The fourth-order valence-electron chi connectivity index (χ4n) is 1.06. The fourth-order valence-corrected chi connectivity index (χ4v) is 1.06. The van der Waals surface area contributed by atoms with Crippen molar-refractivity contribution < 1.29 is 15.0 Å². The van der Waals surface area contributed by atoms with Crippen LogP contribution in [0.4, 0.5) is 0 Å². The van der Waals surface area contributed by atoms with Gasteiger partial charge in [0, 0.05) is 18.3 Å². The molecule has 0 saturated heterocycles. The van der Waals surface area contributed by atoms with E-state index in [1.165, 1.54) is 12.3 Å². The van der Waals surface area contributed by atoms with Crippen LogP contribution in [-0.4, -0.2) is 27.3 Å². The Morgan fingerprint density at radius 3 is 2.71 bits per heavy atom. The first kappa shape index (κ1) is 10.7. The number of aliphatic hydroxyl groups is 1. The molecule has 0 saturated carbocycles. The summed E-state index contributed by atoms with van der Waals surface area (Å²) in [7, 11) is 0. The Kier molecular flexibility index (Phi) is 3.59. The third-order valence-electron chi connectivity index (χ3n) is 1.99. The average Bonchev–Trinajstić information content (AvgIpc) is 2.18. The molecule has 0 aromatic carbocycles. The molecule has 1 atom stereocenters. The molecule has 4 heteroatoms. The monoisotopic (exact) mass is 195 g/mol. The lowest BCUT2D eigenvalue weighted by Gasteiger charge is -2.06. The molecule has 14 heavy (non-hydrogen) atoms. The third kappa shape index (κ3) is 2.81. The number of hydrogen-bond donors (Lipinski definition) is 2. The molecule has 0 aliphatic heterocycles. The minimum atomic E-state index is -0.986. The van der Waals surface area contributed by atoms with E-state index in [1.54, 1.807) is 6.07 Å². The van der Waals surface area contributed by atoms with Gasteiger partial charge in [0.2, 0.25) is 0 Å². The zero-order valence-electron chi connectivity index (χ0n) is 7.97. The first-order chi connectivity index (χ1) is 6.63. The quantitative estimate of drug-likeness (QED) is 0.754. The van der Waals surface area contributed by atoms with Gasteiger partial charge in [-0.05, 0) is 18.6 Å². The lowest BCUT2D eigenvalue weighted by Crippen LogP contribution is -2.10. The van der Waals surface area contributed by atoms with Crippen LogP contribution in [0.25, 0.3) is 0 Å². The second-order valence-electron chi connectivity index (χ2n) is 3.11. The van der Waals surface area contributed by atoms with Crippen molar-refractivity contribution in [1.82, 2.24) is 4.98 Å². The fraction of sp³-hybridized carbons (Fsp3) is 0.400. The van der Waals surface area contributed by atoms with Crippen molar-refractivity contribution in [2.45, 2.75) is 25.9 Å². The summed E-state index contributed by atoms with van der Waals surface area (Å²) in [5.41, 5.74) is 0.879. The van der Waals surface area contributed by atoms with Crippen LogP contribution in [0.5, 0.6) is 0 Å². The van der Waals surface area contributed by atoms with Crippen molar-refractivity contribution in [3.8, 4) is 0 Å². The topological polar surface area (TPSA) is 70.4 Å². The van der Waals surface area contributed by atoms with E-state index in [0.29, 0.717) is 18.5 Å². The van der Waals surface area contributed by atoms with Crippen LogP contribution in [0.15, 0.2) is 18.3 Å². The Morgan fingerprint density at radius 1 is 1.57 bits per heavy atom. The highest BCUT2D eigenvalue weighted by Crippen LogP contribution is 2.04. The van der Waals surface area contributed by atoms with Gasteiger partial charge in [0.1, 0.15) is 0 Å². The van der Waals surface area contributed by atoms with Crippen LogP contribution < -0.4 is 0 Å². The van der Waals surface area contributed by atoms with Gasteiger partial charge in [0.25, 0.3) is 0 Å². The highest BCUT2D eigenvalue weighted by Gasteiger charge is 2.06. The maximum absolute atomic E-state index is 10.5. The largest absolute Gasteiger partial charge is 0.478 e. The molecule has 0 fully saturated rings. The summed E-state index contributed by atoms with van der Waals surface area (Å²) in [5, 5.41) is 17.9. The minimum absolute atomic E-state index is 0.166. The van der Waals surface area contributed by atoms with Crippen molar-refractivity contribution >= 4 is 5.97 Å². The molecule has 0 amide bonds. The summed E-state index contributed by atoms with van der Waals surface area (Å²) in [5.74, 6) is -0.986. The van der Waals surface area contributed by atoms with Gasteiger partial charge in [-0.1, -0.05) is 6.92 Å². The van der Waals surface area contributed by atoms with Crippen LogP contribution in [0.3, 0.4) is 0 Å². The Morgan fingerprint density at radius 2 is 2.29 bits per heavy atom. The molecule has 0 radical (unpaired) electrons. The maximum atomic E-state index is 10.5. The summed E-state index contributed by atoms with van der Waals surface area (Å²) in [6.45, 7) is 1.89. The molecular weight excluding hydrogens is 182 g/mol. The number of aliphatic hydroxyl groups excluding tert-OH is 1. The Bertz CT molecular complexity index is 308.